The average molecular weight is 175 g/mol. The fourth-order valence-electron chi connectivity index (χ4n) is 1.43. The van der Waals surface area contributed by atoms with Gasteiger partial charge < -0.3 is 5.73 Å². The van der Waals surface area contributed by atoms with Gasteiger partial charge in [-0.05, 0) is 22.6 Å². The van der Waals surface area contributed by atoms with Crippen molar-refractivity contribution >= 4 is 5.57 Å². The van der Waals surface area contributed by atoms with E-state index in [1.165, 1.54) is 11.1 Å². The van der Waals surface area contributed by atoms with Crippen molar-refractivity contribution in [2.45, 2.75) is 19.8 Å². The summed E-state index contributed by atoms with van der Waals surface area (Å²) >= 11 is 0. The first kappa shape index (κ1) is 10.0. The average Bonchev–Trinajstić information content (AvgIpc) is 2.16. The van der Waals surface area contributed by atoms with Crippen LogP contribution in [0.25, 0.3) is 5.57 Å². The lowest BCUT2D eigenvalue weighted by molar-refractivity contribution is 0.862. The summed E-state index contributed by atoms with van der Waals surface area (Å²) in [7, 11) is 0. The Hall–Kier alpha value is -1.08. The van der Waals surface area contributed by atoms with E-state index >= 15 is 0 Å². The Morgan fingerprint density at radius 2 is 2.00 bits per heavy atom. The predicted octanol–water partition coefficient (Wildman–Crippen LogP) is 2.78. The molecule has 0 amide bonds. The van der Waals surface area contributed by atoms with E-state index in [2.05, 4.69) is 38.6 Å². The van der Waals surface area contributed by atoms with Crippen molar-refractivity contribution in [3.8, 4) is 0 Å². The molecule has 70 valence electrons. The highest BCUT2D eigenvalue weighted by molar-refractivity contribution is 5.67. The summed E-state index contributed by atoms with van der Waals surface area (Å²) in [6.07, 6.45) is 0. The molecule has 1 heteroatoms. The second kappa shape index (κ2) is 4.24. The van der Waals surface area contributed by atoms with Gasteiger partial charge in [0.15, 0.2) is 0 Å². The number of rotatable bonds is 3. The molecule has 0 aliphatic rings. The smallest absolute Gasteiger partial charge is 0.0178 e. The highest BCUT2D eigenvalue weighted by Gasteiger charge is 2.06. The third-order valence-corrected chi connectivity index (χ3v) is 2.21. The maximum atomic E-state index is 5.57. The van der Waals surface area contributed by atoms with Crippen LogP contribution in [0.4, 0.5) is 0 Å². The van der Waals surface area contributed by atoms with Gasteiger partial charge in [-0.15, -0.1) is 0 Å². The van der Waals surface area contributed by atoms with E-state index in [1.807, 2.05) is 6.07 Å². The second-order valence-corrected chi connectivity index (χ2v) is 3.55. The van der Waals surface area contributed by atoms with Crippen molar-refractivity contribution in [2.75, 3.05) is 6.54 Å². The van der Waals surface area contributed by atoms with Crippen LogP contribution in [0.5, 0.6) is 0 Å². The molecule has 0 unspecified atom stereocenters. The minimum absolute atomic E-state index is 0.527. The zero-order valence-corrected chi connectivity index (χ0v) is 8.38. The molecule has 13 heavy (non-hydrogen) atoms. The number of hydrogen-bond donors (Lipinski definition) is 1. The van der Waals surface area contributed by atoms with Crippen molar-refractivity contribution in [3.63, 3.8) is 0 Å². The van der Waals surface area contributed by atoms with Crippen LogP contribution in [0.1, 0.15) is 30.9 Å². The van der Waals surface area contributed by atoms with E-state index < -0.39 is 0 Å². The van der Waals surface area contributed by atoms with Gasteiger partial charge in [0.25, 0.3) is 0 Å². The fourth-order valence-corrected chi connectivity index (χ4v) is 1.43. The Labute approximate surface area is 80.3 Å². The Morgan fingerprint density at radius 3 is 2.54 bits per heavy atom. The second-order valence-electron chi connectivity index (χ2n) is 3.55. The maximum Gasteiger partial charge on any atom is 0.0178 e. The van der Waals surface area contributed by atoms with Gasteiger partial charge in [0.1, 0.15) is 0 Å². The van der Waals surface area contributed by atoms with Crippen molar-refractivity contribution in [2.24, 2.45) is 5.73 Å². The molecule has 2 N–H and O–H groups in total. The van der Waals surface area contributed by atoms with Crippen molar-refractivity contribution < 1.29 is 0 Å². The van der Waals surface area contributed by atoms with Gasteiger partial charge in [-0.3, -0.25) is 0 Å². The molecular weight excluding hydrogens is 158 g/mol. The molecule has 1 rings (SSSR count). The molecule has 1 nitrogen and oxygen atoms in total. The minimum atomic E-state index is 0.527. The summed E-state index contributed by atoms with van der Waals surface area (Å²) in [4.78, 5) is 0. The number of benzene rings is 1. The first-order valence-electron chi connectivity index (χ1n) is 4.64. The van der Waals surface area contributed by atoms with Gasteiger partial charge >= 0.3 is 0 Å². The normalized spacial score (nSPS) is 10.5. The summed E-state index contributed by atoms with van der Waals surface area (Å²) in [6.45, 7) is 8.86. The summed E-state index contributed by atoms with van der Waals surface area (Å²) in [5, 5.41) is 0. The Kier molecular flexibility index (Phi) is 3.26. The lowest BCUT2D eigenvalue weighted by Crippen LogP contribution is -2.04. The van der Waals surface area contributed by atoms with E-state index in [0.717, 1.165) is 5.57 Å². The zero-order valence-electron chi connectivity index (χ0n) is 8.38. The molecule has 0 atom stereocenters. The molecular formula is C12H17N. The molecule has 0 saturated heterocycles. The van der Waals surface area contributed by atoms with E-state index in [1.54, 1.807) is 0 Å². The lowest BCUT2D eigenvalue weighted by atomic mass is 9.93. The molecule has 1 aromatic rings. The number of nitrogens with two attached hydrogens (primary N) is 1. The summed E-state index contributed by atoms with van der Waals surface area (Å²) < 4.78 is 0. The van der Waals surface area contributed by atoms with Crippen LogP contribution in [0.2, 0.25) is 0 Å². The molecule has 1 aromatic carbocycles. The predicted molar refractivity (Wildman–Crippen MR) is 58.6 cm³/mol. The summed E-state index contributed by atoms with van der Waals surface area (Å²) in [6, 6.07) is 8.32. The van der Waals surface area contributed by atoms with Gasteiger partial charge in [0.05, 0.1) is 0 Å². The molecule has 0 aromatic heterocycles. The molecule has 0 fully saturated rings. The SMILES string of the molecule is C=C(CN)c1ccccc1C(C)C. The van der Waals surface area contributed by atoms with Crippen LogP contribution < -0.4 is 5.73 Å². The largest absolute Gasteiger partial charge is 0.326 e. The topological polar surface area (TPSA) is 26.0 Å². The lowest BCUT2D eigenvalue weighted by Gasteiger charge is -2.13. The summed E-state index contributed by atoms with van der Waals surface area (Å²) in [5.74, 6) is 0.527. The molecule has 0 bridgehead atoms. The van der Waals surface area contributed by atoms with Gasteiger partial charge in [0.2, 0.25) is 0 Å². The van der Waals surface area contributed by atoms with Gasteiger partial charge in [-0.25, -0.2) is 0 Å². The van der Waals surface area contributed by atoms with Crippen molar-refractivity contribution in [1.29, 1.82) is 0 Å². The molecule has 0 spiro atoms. The first-order chi connectivity index (χ1) is 6.16. The fraction of sp³-hybridized carbons (Fsp3) is 0.333. The maximum absolute atomic E-state index is 5.57. The zero-order chi connectivity index (χ0) is 9.84. The van der Waals surface area contributed by atoms with E-state index in [4.69, 9.17) is 5.73 Å². The van der Waals surface area contributed by atoms with Gasteiger partial charge in [-0.2, -0.15) is 0 Å². The van der Waals surface area contributed by atoms with Gasteiger partial charge in [-0.1, -0.05) is 44.7 Å². The van der Waals surface area contributed by atoms with Crippen LogP contribution in [0.3, 0.4) is 0 Å². The molecule has 0 radical (unpaired) electrons. The number of hydrogen-bond acceptors (Lipinski definition) is 1. The molecule has 0 aliphatic carbocycles. The van der Waals surface area contributed by atoms with E-state index in [-0.39, 0.29) is 0 Å². The Bertz CT molecular complexity index is 300. The van der Waals surface area contributed by atoms with E-state index in [0.29, 0.717) is 12.5 Å². The third kappa shape index (κ3) is 2.19. The minimum Gasteiger partial charge on any atom is -0.326 e. The molecule has 0 heterocycles. The van der Waals surface area contributed by atoms with Gasteiger partial charge in [0, 0.05) is 6.54 Å². The monoisotopic (exact) mass is 175 g/mol. The van der Waals surface area contributed by atoms with Crippen LogP contribution in [0, 0.1) is 0 Å². The quantitative estimate of drug-likeness (QED) is 0.751. The van der Waals surface area contributed by atoms with Crippen LogP contribution in [-0.2, 0) is 0 Å². The van der Waals surface area contributed by atoms with Crippen molar-refractivity contribution in [1.82, 2.24) is 0 Å². The summed E-state index contributed by atoms with van der Waals surface area (Å²) in [5.41, 5.74) is 9.13. The molecule has 0 aliphatic heterocycles. The van der Waals surface area contributed by atoms with Crippen molar-refractivity contribution in [3.05, 3.63) is 42.0 Å². The van der Waals surface area contributed by atoms with Crippen LogP contribution in [-0.4, -0.2) is 6.54 Å². The third-order valence-electron chi connectivity index (χ3n) is 2.21. The Morgan fingerprint density at radius 1 is 1.38 bits per heavy atom. The standard InChI is InChI=1S/C12H17N/c1-9(2)11-6-4-5-7-12(11)10(3)8-13/h4-7,9H,3,8,13H2,1-2H3. The van der Waals surface area contributed by atoms with Crippen LogP contribution >= 0.6 is 0 Å². The van der Waals surface area contributed by atoms with Crippen LogP contribution in [0.15, 0.2) is 30.8 Å². The van der Waals surface area contributed by atoms with E-state index in [9.17, 15) is 0 Å². The highest BCUT2D eigenvalue weighted by Crippen LogP contribution is 2.23. The first-order valence-corrected chi connectivity index (χ1v) is 4.64. The highest BCUT2D eigenvalue weighted by atomic mass is 14.5. The Balaban J connectivity index is 3.12. The molecule has 0 saturated carbocycles.